The molecule has 0 unspecified atom stereocenters. The maximum absolute atomic E-state index is 9.20. The van der Waals surface area contributed by atoms with E-state index in [1.54, 1.807) is 0 Å². The Labute approximate surface area is 106 Å². The van der Waals surface area contributed by atoms with E-state index >= 15 is 0 Å². The van der Waals surface area contributed by atoms with Crippen LogP contribution in [0.4, 0.5) is 11.5 Å². The van der Waals surface area contributed by atoms with Gasteiger partial charge in [-0.15, -0.1) is 0 Å². The predicted molar refractivity (Wildman–Crippen MR) is 70.8 cm³/mol. The van der Waals surface area contributed by atoms with Gasteiger partial charge in [-0.2, -0.15) is 5.26 Å². The highest BCUT2D eigenvalue weighted by atomic mass is 15.2. The number of anilines is 2. The fourth-order valence-corrected chi connectivity index (χ4v) is 2.39. The number of nitriles is 1. The molecule has 0 fully saturated rings. The van der Waals surface area contributed by atoms with E-state index in [2.05, 4.69) is 34.2 Å². The number of para-hydroxylation sites is 1. The van der Waals surface area contributed by atoms with Gasteiger partial charge in [0.25, 0.3) is 0 Å². The van der Waals surface area contributed by atoms with Gasteiger partial charge in [0.05, 0.1) is 5.56 Å². The zero-order valence-electron chi connectivity index (χ0n) is 10.2. The topological polar surface area (TPSA) is 39.9 Å². The molecule has 2 heterocycles. The second-order valence-corrected chi connectivity index (χ2v) is 4.47. The molecule has 0 aliphatic carbocycles. The van der Waals surface area contributed by atoms with Crippen molar-refractivity contribution in [2.75, 3.05) is 11.4 Å². The number of rotatable bonds is 1. The SMILES string of the molecule is Cc1ccc(C#N)c(N2CCc3ccccc32)n1. The van der Waals surface area contributed by atoms with Crippen molar-refractivity contribution in [1.29, 1.82) is 5.26 Å². The van der Waals surface area contributed by atoms with Gasteiger partial charge in [-0.25, -0.2) is 4.98 Å². The molecule has 0 radical (unpaired) electrons. The highest BCUT2D eigenvalue weighted by molar-refractivity contribution is 5.71. The summed E-state index contributed by atoms with van der Waals surface area (Å²) in [5, 5.41) is 9.20. The van der Waals surface area contributed by atoms with Gasteiger partial charge in [0.2, 0.25) is 0 Å². The van der Waals surface area contributed by atoms with Gasteiger partial charge in [-0.05, 0) is 37.1 Å². The third-order valence-corrected chi connectivity index (χ3v) is 3.28. The standard InChI is InChI=1S/C15H13N3/c1-11-6-7-13(10-16)15(17-11)18-9-8-12-4-2-3-5-14(12)18/h2-7H,8-9H2,1H3. The van der Waals surface area contributed by atoms with Gasteiger partial charge in [0, 0.05) is 17.9 Å². The Morgan fingerprint density at radius 2 is 2.06 bits per heavy atom. The molecule has 1 aromatic carbocycles. The second-order valence-electron chi connectivity index (χ2n) is 4.47. The Kier molecular flexibility index (Phi) is 2.49. The zero-order chi connectivity index (χ0) is 12.5. The number of hydrogen-bond acceptors (Lipinski definition) is 3. The first-order valence-corrected chi connectivity index (χ1v) is 6.03. The molecule has 0 saturated carbocycles. The smallest absolute Gasteiger partial charge is 0.151 e. The van der Waals surface area contributed by atoms with Crippen molar-refractivity contribution in [1.82, 2.24) is 4.98 Å². The summed E-state index contributed by atoms with van der Waals surface area (Å²) in [6.45, 7) is 2.84. The molecule has 0 atom stereocenters. The summed E-state index contributed by atoms with van der Waals surface area (Å²) in [4.78, 5) is 6.67. The van der Waals surface area contributed by atoms with Gasteiger partial charge in [-0.1, -0.05) is 18.2 Å². The summed E-state index contributed by atoms with van der Waals surface area (Å²) in [7, 11) is 0. The lowest BCUT2D eigenvalue weighted by molar-refractivity contribution is 0.963. The minimum atomic E-state index is 0.636. The van der Waals surface area contributed by atoms with Gasteiger partial charge in [0.15, 0.2) is 5.82 Å². The first kappa shape index (κ1) is 10.8. The van der Waals surface area contributed by atoms with Crippen LogP contribution in [0.3, 0.4) is 0 Å². The quantitative estimate of drug-likeness (QED) is 0.763. The van der Waals surface area contributed by atoms with E-state index in [1.165, 1.54) is 11.3 Å². The van der Waals surface area contributed by atoms with Crippen LogP contribution in [0.15, 0.2) is 36.4 Å². The van der Waals surface area contributed by atoms with Gasteiger partial charge < -0.3 is 4.90 Å². The Bertz CT molecular complexity index is 640. The van der Waals surface area contributed by atoms with Crippen molar-refractivity contribution >= 4 is 11.5 Å². The number of fused-ring (bicyclic) bond motifs is 1. The molecule has 1 aromatic heterocycles. The van der Waals surface area contributed by atoms with Crippen LogP contribution < -0.4 is 4.90 Å². The lowest BCUT2D eigenvalue weighted by atomic mass is 10.2. The summed E-state index contributed by atoms with van der Waals surface area (Å²) in [6, 6.07) is 14.3. The second kappa shape index (κ2) is 4.15. The average Bonchev–Trinajstić information content (AvgIpc) is 2.82. The fraction of sp³-hybridized carbons (Fsp3) is 0.200. The molecule has 0 spiro atoms. The highest BCUT2D eigenvalue weighted by Crippen LogP contribution is 2.34. The predicted octanol–water partition coefficient (Wildman–Crippen LogP) is 2.96. The molecular formula is C15H13N3. The van der Waals surface area contributed by atoms with E-state index in [9.17, 15) is 5.26 Å². The van der Waals surface area contributed by atoms with Crippen LogP contribution in [0.25, 0.3) is 0 Å². The van der Waals surface area contributed by atoms with Crippen LogP contribution in [0.1, 0.15) is 16.8 Å². The van der Waals surface area contributed by atoms with E-state index in [0.29, 0.717) is 5.56 Å². The first-order valence-electron chi connectivity index (χ1n) is 6.03. The molecule has 2 aromatic rings. The van der Waals surface area contributed by atoms with E-state index < -0.39 is 0 Å². The molecule has 3 heteroatoms. The number of pyridine rings is 1. The molecule has 3 nitrogen and oxygen atoms in total. The third kappa shape index (κ3) is 1.63. The largest absolute Gasteiger partial charge is 0.325 e. The Morgan fingerprint density at radius 1 is 1.22 bits per heavy atom. The molecule has 0 amide bonds. The minimum absolute atomic E-state index is 0.636. The fourth-order valence-electron chi connectivity index (χ4n) is 2.39. The maximum atomic E-state index is 9.20. The Balaban J connectivity index is 2.13. The van der Waals surface area contributed by atoms with E-state index in [0.717, 1.165) is 24.5 Å². The number of aryl methyl sites for hydroxylation is 1. The molecular weight excluding hydrogens is 222 g/mol. The van der Waals surface area contributed by atoms with Crippen LogP contribution in [0.5, 0.6) is 0 Å². The molecule has 88 valence electrons. The highest BCUT2D eigenvalue weighted by Gasteiger charge is 2.23. The summed E-state index contributed by atoms with van der Waals surface area (Å²) in [5.41, 5.74) is 4.07. The molecule has 3 rings (SSSR count). The molecule has 0 N–H and O–H groups in total. The van der Waals surface area contributed by atoms with Crippen molar-refractivity contribution in [2.24, 2.45) is 0 Å². The third-order valence-electron chi connectivity index (χ3n) is 3.28. The molecule has 0 saturated heterocycles. The van der Waals surface area contributed by atoms with E-state index in [1.807, 2.05) is 25.1 Å². The summed E-state index contributed by atoms with van der Waals surface area (Å²) in [5.74, 6) is 0.780. The molecule has 1 aliphatic rings. The number of hydrogen-bond donors (Lipinski definition) is 0. The average molecular weight is 235 g/mol. The van der Waals surface area contributed by atoms with E-state index in [4.69, 9.17) is 0 Å². The Hall–Kier alpha value is -2.34. The lowest BCUT2D eigenvalue weighted by Gasteiger charge is -2.19. The van der Waals surface area contributed by atoms with Gasteiger partial charge in [0.1, 0.15) is 6.07 Å². The monoisotopic (exact) mass is 235 g/mol. The summed E-state index contributed by atoms with van der Waals surface area (Å²) in [6.07, 6.45) is 1.01. The summed E-state index contributed by atoms with van der Waals surface area (Å²) < 4.78 is 0. The summed E-state index contributed by atoms with van der Waals surface area (Å²) >= 11 is 0. The van der Waals surface area contributed by atoms with Gasteiger partial charge >= 0.3 is 0 Å². The number of benzene rings is 1. The molecule has 1 aliphatic heterocycles. The number of nitrogens with zero attached hydrogens (tertiary/aromatic N) is 3. The van der Waals surface area contributed by atoms with Crippen LogP contribution in [0, 0.1) is 18.3 Å². The van der Waals surface area contributed by atoms with Crippen molar-refractivity contribution in [3.63, 3.8) is 0 Å². The Morgan fingerprint density at radius 3 is 2.89 bits per heavy atom. The molecule has 0 bridgehead atoms. The van der Waals surface area contributed by atoms with Crippen molar-refractivity contribution in [3.05, 3.63) is 53.2 Å². The van der Waals surface area contributed by atoms with E-state index in [-0.39, 0.29) is 0 Å². The van der Waals surface area contributed by atoms with Crippen LogP contribution in [0.2, 0.25) is 0 Å². The van der Waals surface area contributed by atoms with Crippen molar-refractivity contribution < 1.29 is 0 Å². The first-order chi connectivity index (χ1) is 8.79. The van der Waals surface area contributed by atoms with Crippen LogP contribution in [-0.4, -0.2) is 11.5 Å². The van der Waals surface area contributed by atoms with Crippen LogP contribution in [-0.2, 0) is 6.42 Å². The van der Waals surface area contributed by atoms with Gasteiger partial charge in [-0.3, -0.25) is 0 Å². The number of aromatic nitrogens is 1. The normalized spacial score (nSPS) is 13.2. The minimum Gasteiger partial charge on any atom is -0.325 e. The molecule has 18 heavy (non-hydrogen) atoms. The van der Waals surface area contributed by atoms with Crippen molar-refractivity contribution in [2.45, 2.75) is 13.3 Å². The van der Waals surface area contributed by atoms with Crippen molar-refractivity contribution in [3.8, 4) is 6.07 Å². The zero-order valence-corrected chi connectivity index (χ0v) is 10.2. The lowest BCUT2D eigenvalue weighted by Crippen LogP contribution is -2.16. The van der Waals surface area contributed by atoms with Crippen LogP contribution >= 0.6 is 0 Å². The maximum Gasteiger partial charge on any atom is 0.151 e.